The normalized spacial score (nSPS) is 10.2. The van der Waals surface area contributed by atoms with Crippen molar-refractivity contribution in [3.8, 4) is 0 Å². The summed E-state index contributed by atoms with van der Waals surface area (Å²) in [6, 6.07) is 1.84. The summed E-state index contributed by atoms with van der Waals surface area (Å²) >= 11 is 2.93. The zero-order valence-electron chi connectivity index (χ0n) is 5.40. The molecule has 1 rings (SSSR count). The molecule has 0 saturated carbocycles. The van der Waals surface area contributed by atoms with Gasteiger partial charge in [-0.05, 0) is 17.7 Å². The molecule has 0 unspecified atom stereocenters. The molecule has 0 aliphatic rings. The molecular weight excluding hydrogens is 218 g/mol. The van der Waals surface area contributed by atoms with Crippen molar-refractivity contribution >= 4 is 15.9 Å². The molecule has 0 aliphatic heterocycles. The van der Waals surface area contributed by atoms with E-state index < -0.39 is 18.2 Å². The Labute approximate surface area is 70.8 Å². The van der Waals surface area contributed by atoms with Gasteiger partial charge in [0.15, 0.2) is 11.6 Å². The fraction of sp³-hybridized carbons (Fsp3) is 0.143. The summed E-state index contributed by atoms with van der Waals surface area (Å²) in [6.07, 6.45) is 0. The predicted octanol–water partition coefficient (Wildman–Crippen LogP) is 1.59. The molecular formula is C7H4BrF2O-. The second-order valence-corrected chi connectivity index (χ2v) is 2.86. The van der Waals surface area contributed by atoms with E-state index in [1.165, 1.54) is 0 Å². The van der Waals surface area contributed by atoms with Gasteiger partial charge in [0.1, 0.15) is 0 Å². The van der Waals surface area contributed by atoms with Crippen LogP contribution < -0.4 is 5.11 Å². The second kappa shape index (κ2) is 3.28. The number of hydrogen-bond donors (Lipinski definition) is 0. The molecule has 0 N–H and O–H groups in total. The SMILES string of the molecule is [O-]Cc1cc(F)c(F)cc1Br. The Morgan fingerprint density at radius 3 is 2.36 bits per heavy atom. The van der Waals surface area contributed by atoms with Crippen molar-refractivity contribution < 1.29 is 13.9 Å². The van der Waals surface area contributed by atoms with Crippen LogP contribution in [-0.4, -0.2) is 0 Å². The van der Waals surface area contributed by atoms with Crippen molar-refractivity contribution in [1.82, 2.24) is 0 Å². The summed E-state index contributed by atoms with van der Waals surface area (Å²) in [7, 11) is 0. The van der Waals surface area contributed by atoms with E-state index in [9.17, 15) is 13.9 Å². The van der Waals surface area contributed by atoms with Crippen LogP contribution >= 0.6 is 15.9 Å². The summed E-state index contributed by atoms with van der Waals surface area (Å²) < 4.78 is 25.1. The largest absolute Gasteiger partial charge is 0.851 e. The van der Waals surface area contributed by atoms with Crippen molar-refractivity contribution in [3.63, 3.8) is 0 Å². The lowest BCUT2D eigenvalue weighted by molar-refractivity contribution is -0.386. The van der Waals surface area contributed by atoms with Crippen LogP contribution in [0.15, 0.2) is 16.6 Å². The molecule has 0 saturated heterocycles. The summed E-state index contributed by atoms with van der Waals surface area (Å²) in [4.78, 5) is 0. The van der Waals surface area contributed by atoms with Crippen LogP contribution in [0.25, 0.3) is 0 Å². The highest BCUT2D eigenvalue weighted by molar-refractivity contribution is 9.10. The van der Waals surface area contributed by atoms with Crippen LogP contribution in [-0.2, 0) is 6.61 Å². The highest BCUT2D eigenvalue weighted by Gasteiger charge is 2.04. The average Bonchev–Trinajstić information content (AvgIpc) is 1.97. The summed E-state index contributed by atoms with van der Waals surface area (Å²) in [5.41, 5.74) is 0.226. The summed E-state index contributed by atoms with van der Waals surface area (Å²) in [5, 5.41) is 10.3. The molecule has 0 heterocycles. The van der Waals surface area contributed by atoms with E-state index >= 15 is 0 Å². The van der Waals surface area contributed by atoms with Gasteiger partial charge in [0.05, 0.1) is 0 Å². The van der Waals surface area contributed by atoms with E-state index in [1.807, 2.05) is 0 Å². The van der Waals surface area contributed by atoms with Crippen molar-refractivity contribution in [2.45, 2.75) is 6.61 Å². The van der Waals surface area contributed by atoms with Gasteiger partial charge in [-0.3, -0.25) is 0 Å². The van der Waals surface area contributed by atoms with E-state index in [0.717, 1.165) is 12.1 Å². The Morgan fingerprint density at radius 1 is 1.27 bits per heavy atom. The molecule has 0 aliphatic carbocycles. The van der Waals surface area contributed by atoms with Crippen LogP contribution in [0.5, 0.6) is 0 Å². The van der Waals surface area contributed by atoms with Gasteiger partial charge < -0.3 is 5.11 Å². The van der Waals surface area contributed by atoms with Gasteiger partial charge in [-0.15, -0.1) is 6.61 Å². The summed E-state index contributed by atoms with van der Waals surface area (Å²) in [6.45, 7) is -0.558. The minimum atomic E-state index is -0.987. The molecule has 0 spiro atoms. The molecule has 1 nitrogen and oxygen atoms in total. The van der Waals surface area contributed by atoms with Crippen LogP contribution in [0.3, 0.4) is 0 Å². The minimum Gasteiger partial charge on any atom is -0.851 e. The molecule has 4 heteroatoms. The summed E-state index contributed by atoms with van der Waals surface area (Å²) in [5.74, 6) is -1.94. The van der Waals surface area contributed by atoms with Crippen molar-refractivity contribution in [3.05, 3.63) is 33.8 Å². The molecule has 0 bridgehead atoms. The third-order valence-electron chi connectivity index (χ3n) is 1.24. The molecule has 0 radical (unpaired) electrons. The molecule has 0 aromatic heterocycles. The van der Waals surface area contributed by atoms with Gasteiger partial charge in [0, 0.05) is 4.47 Å². The Kier molecular flexibility index (Phi) is 2.57. The maximum atomic E-state index is 12.4. The topological polar surface area (TPSA) is 23.1 Å². The zero-order chi connectivity index (χ0) is 8.43. The highest BCUT2D eigenvalue weighted by atomic mass is 79.9. The average molecular weight is 222 g/mol. The maximum absolute atomic E-state index is 12.4. The molecule has 60 valence electrons. The zero-order valence-corrected chi connectivity index (χ0v) is 6.99. The molecule has 0 fully saturated rings. The van der Waals surface area contributed by atoms with Gasteiger partial charge in [-0.2, -0.15) is 0 Å². The van der Waals surface area contributed by atoms with Crippen molar-refractivity contribution in [1.29, 1.82) is 0 Å². The van der Waals surface area contributed by atoms with E-state index in [0.29, 0.717) is 4.47 Å². The molecule has 0 amide bonds. The van der Waals surface area contributed by atoms with Crippen molar-refractivity contribution in [2.24, 2.45) is 0 Å². The maximum Gasteiger partial charge on any atom is 0.159 e. The Balaban J connectivity index is 3.21. The Hall–Kier alpha value is -0.480. The van der Waals surface area contributed by atoms with E-state index in [1.54, 1.807) is 0 Å². The van der Waals surface area contributed by atoms with Crippen LogP contribution in [0.2, 0.25) is 0 Å². The standard InChI is InChI=1S/C7H4BrF2O/c8-5-2-7(10)6(9)1-4(5)3-11/h1-2H,3H2/q-1. The molecule has 0 atom stereocenters. The number of halogens is 3. The van der Waals surface area contributed by atoms with Gasteiger partial charge in [-0.1, -0.05) is 15.9 Å². The number of rotatable bonds is 1. The third kappa shape index (κ3) is 1.75. The van der Waals surface area contributed by atoms with Crippen LogP contribution in [0.4, 0.5) is 8.78 Å². The minimum absolute atomic E-state index is 0.226. The molecule has 1 aromatic carbocycles. The van der Waals surface area contributed by atoms with Gasteiger partial charge in [-0.25, -0.2) is 8.78 Å². The first-order valence-electron chi connectivity index (χ1n) is 2.86. The van der Waals surface area contributed by atoms with Gasteiger partial charge in [0.2, 0.25) is 0 Å². The predicted molar refractivity (Wildman–Crippen MR) is 37.8 cm³/mol. The third-order valence-corrected chi connectivity index (χ3v) is 1.98. The fourth-order valence-electron chi connectivity index (χ4n) is 0.674. The van der Waals surface area contributed by atoms with E-state index in [2.05, 4.69) is 15.9 Å². The highest BCUT2D eigenvalue weighted by Crippen LogP contribution is 2.19. The van der Waals surface area contributed by atoms with Gasteiger partial charge >= 0.3 is 0 Å². The first kappa shape index (κ1) is 8.62. The van der Waals surface area contributed by atoms with Crippen molar-refractivity contribution in [2.75, 3.05) is 0 Å². The van der Waals surface area contributed by atoms with Gasteiger partial charge in [0.25, 0.3) is 0 Å². The number of hydrogen-bond acceptors (Lipinski definition) is 1. The van der Waals surface area contributed by atoms with E-state index in [-0.39, 0.29) is 5.56 Å². The lowest BCUT2D eigenvalue weighted by Crippen LogP contribution is -2.04. The quantitative estimate of drug-likeness (QED) is 0.661. The Morgan fingerprint density at radius 2 is 1.82 bits per heavy atom. The second-order valence-electron chi connectivity index (χ2n) is 2.00. The first-order valence-corrected chi connectivity index (χ1v) is 3.66. The van der Waals surface area contributed by atoms with Crippen LogP contribution in [0.1, 0.15) is 5.56 Å². The fourth-order valence-corrected chi connectivity index (χ4v) is 1.10. The monoisotopic (exact) mass is 221 g/mol. The lowest BCUT2D eigenvalue weighted by Gasteiger charge is -2.07. The van der Waals surface area contributed by atoms with E-state index in [4.69, 9.17) is 0 Å². The molecule has 11 heavy (non-hydrogen) atoms. The lowest BCUT2D eigenvalue weighted by atomic mass is 10.2. The number of benzene rings is 1. The molecule has 1 aromatic rings. The van der Waals surface area contributed by atoms with Crippen LogP contribution in [0, 0.1) is 11.6 Å². The Bertz CT molecular complexity index is 275. The first-order chi connectivity index (χ1) is 5.15. The smallest absolute Gasteiger partial charge is 0.159 e.